The Morgan fingerprint density at radius 3 is 1.19 bits per heavy atom. The van der Waals surface area contributed by atoms with Crippen LogP contribution in [0.3, 0.4) is 0 Å². The molecule has 4 heteroatoms. The van der Waals surface area contributed by atoms with Gasteiger partial charge >= 0.3 is 0 Å². The average molecular weight is 613 g/mol. The number of imidazole rings is 2. The van der Waals surface area contributed by atoms with E-state index in [4.69, 9.17) is 9.97 Å². The molecule has 0 radical (unpaired) electrons. The Morgan fingerprint density at radius 1 is 0.354 bits per heavy atom. The molecule has 0 spiro atoms. The van der Waals surface area contributed by atoms with Crippen LogP contribution in [0.15, 0.2) is 170 Å². The highest BCUT2D eigenvalue weighted by Gasteiger charge is 2.21. The Hall–Kier alpha value is -6.52. The molecule has 10 aromatic rings. The maximum atomic E-state index is 5.18. The predicted octanol–water partition coefficient (Wildman–Crippen LogP) is 11.2. The average Bonchev–Trinajstić information content (AvgIpc) is 3.74. The van der Waals surface area contributed by atoms with Crippen molar-refractivity contribution in [3.8, 4) is 34.2 Å². The van der Waals surface area contributed by atoms with Crippen molar-refractivity contribution in [2.75, 3.05) is 0 Å². The van der Waals surface area contributed by atoms with Crippen molar-refractivity contribution >= 4 is 54.4 Å². The Kier molecular flexibility index (Phi) is 5.84. The molecule has 0 aliphatic rings. The maximum Gasteiger partial charge on any atom is 0.145 e. The second-order valence-electron chi connectivity index (χ2n) is 12.2. The topological polar surface area (TPSA) is 35.6 Å². The first-order valence-corrected chi connectivity index (χ1v) is 16.3. The van der Waals surface area contributed by atoms with Gasteiger partial charge in [-0.15, -0.1) is 0 Å². The van der Waals surface area contributed by atoms with E-state index < -0.39 is 0 Å². The minimum Gasteiger partial charge on any atom is -0.292 e. The van der Waals surface area contributed by atoms with Gasteiger partial charge in [-0.25, -0.2) is 9.97 Å². The predicted molar refractivity (Wildman–Crippen MR) is 199 cm³/mol. The zero-order valence-electron chi connectivity index (χ0n) is 26.0. The molecule has 10 rings (SSSR count). The molecule has 2 heterocycles. The van der Waals surface area contributed by atoms with Crippen molar-refractivity contribution in [2.24, 2.45) is 0 Å². The zero-order valence-corrected chi connectivity index (χ0v) is 26.0. The highest BCUT2D eigenvalue weighted by atomic mass is 15.1. The van der Waals surface area contributed by atoms with Gasteiger partial charge in [0.25, 0.3) is 0 Å². The Morgan fingerprint density at radius 2 is 0.729 bits per heavy atom. The van der Waals surface area contributed by atoms with E-state index in [1.54, 1.807) is 0 Å². The Labute approximate surface area is 276 Å². The Bertz CT molecular complexity index is 2640. The second-order valence-corrected chi connectivity index (χ2v) is 12.2. The number of para-hydroxylation sites is 4. The van der Waals surface area contributed by atoms with Gasteiger partial charge in [-0.1, -0.05) is 133 Å². The van der Waals surface area contributed by atoms with Gasteiger partial charge in [-0.3, -0.25) is 9.13 Å². The number of nitrogens with zero attached hydrogens (tertiary/aromatic N) is 4. The summed E-state index contributed by atoms with van der Waals surface area (Å²) < 4.78 is 4.67. The highest BCUT2D eigenvalue weighted by molar-refractivity contribution is 6.24. The van der Waals surface area contributed by atoms with Crippen LogP contribution in [0.4, 0.5) is 0 Å². The fraction of sp³-hybridized carbons (Fsp3) is 0. The normalized spacial score (nSPS) is 11.8. The number of benzene rings is 8. The largest absolute Gasteiger partial charge is 0.292 e. The molecule has 0 unspecified atom stereocenters. The molecule has 2 aromatic heterocycles. The zero-order chi connectivity index (χ0) is 31.6. The summed E-state index contributed by atoms with van der Waals surface area (Å²) in [4.78, 5) is 10.4. The first-order chi connectivity index (χ1) is 23.8. The Balaban J connectivity index is 1.36. The van der Waals surface area contributed by atoms with E-state index in [2.05, 4.69) is 179 Å². The molecule has 8 aromatic carbocycles. The van der Waals surface area contributed by atoms with Gasteiger partial charge in [0.15, 0.2) is 0 Å². The molecule has 0 saturated heterocycles. The van der Waals surface area contributed by atoms with E-state index in [1.807, 2.05) is 0 Å². The van der Waals surface area contributed by atoms with Gasteiger partial charge in [-0.2, -0.15) is 0 Å². The number of rotatable bonds is 4. The molecule has 0 fully saturated rings. The summed E-state index contributed by atoms with van der Waals surface area (Å²) in [5.41, 5.74) is 8.46. The standard InChI is InChI=1S/C44H28N4/c1-3-15-29(16-4-1)43-45-36-23-11-13-25-38(36)47(43)40-27-31-28-41(33-20-8-10-22-35(33)42(31)34-21-9-7-19-32(34)40)48-39-26-14-12-24-37(39)46-44(48)30-17-5-2-6-18-30/h1-28H. The summed E-state index contributed by atoms with van der Waals surface area (Å²) >= 11 is 0. The van der Waals surface area contributed by atoms with Crippen molar-refractivity contribution in [3.63, 3.8) is 0 Å². The van der Waals surface area contributed by atoms with Gasteiger partial charge in [0.05, 0.1) is 33.4 Å². The maximum absolute atomic E-state index is 5.18. The van der Waals surface area contributed by atoms with Crippen LogP contribution in [0, 0.1) is 0 Å². The summed E-state index contributed by atoms with van der Waals surface area (Å²) in [6.45, 7) is 0. The van der Waals surface area contributed by atoms with Gasteiger partial charge in [0, 0.05) is 21.9 Å². The van der Waals surface area contributed by atoms with E-state index in [0.29, 0.717) is 0 Å². The van der Waals surface area contributed by atoms with Crippen molar-refractivity contribution < 1.29 is 0 Å². The van der Waals surface area contributed by atoms with Crippen LogP contribution in [0.2, 0.25) is 0 Å². The van der Waals surface area contributed by atoms with Crippen LogP contribution in [0.5, 0.6) is 0 Å². The molecular formula is C44H28N4. The fourth-order valence-electron chi connectivity index (χ4n) is 7.41. The summed E-state index contributed by atoms with van der Waals surface area (Å²) in [7, 11) is 0. The lowest BCUT2D eigenvalue weighted by atomic mass is 9.93. The minimum atomic E-state index is 0.925. The lowest BCUT2D eigenvalue weighted by Crippen LogP contribution is -2.02. The molecule has 0 saturated carbocycles. The molecule has 4 nitrogen and oxygen atoms in total. The molecule has 0 aliphatic heterocycles. The molecule has 224 valence electrons. The molecule has 0 aliphatic carbocycles. The number of aromatic nitrogens is 4. The third kappa shape index (κ3) is 3.96. The first-order valence-electron chi connectivity index (χ1n) is 16.3. The van der Waals surface area contributed by atoms with Gasteiger partial charge in [0.2, 0.25) is 0 Å². The fourth-order valence-corrected chi connectivity index (χ4v) is 7.41. The van der Waals surface area contributed by atoms with Crippen LogP contribution >= 0.6 is 0 Å². The SMILES string of the molecule is c1ccc(-c2nc3ccccc3n2-c2cc3cc(-n4c(-c5ccccc5)nc5ccccc54)c4ccccc4c3c3ccccc23)cc1. The van der Waals surface area contributed by atoms with Crippen LogP contribution in [0.1, 0.15) is 0 Å². The van der Waals surface area contributed by atoms with E-state index in [1.165, 1.54) is 26.9 Å². The molecule has 48 heavy (non-hydrogen) atoms. The van der Waals surface area contributed by atoms with Crippen molar-refractivity contribution in [1.82, 2.24) is 19.1 Å². The lowest BCUT2D eigenvalue weighted by Gasteiger charge is -2.19. The molecule has 0 amide bonds. The summed E-state index contributed by atoms with van der Waals surface area (Å²) in [5, 5.41) is 7.19. The van der Waals surface area contributed by atoms with Crippen molar-refractivity contribution in [3.05, 3.63) is 170 Å². The third-order valence-electron chi connectivity index (χ3n) is 9.49. The first kappa shape index (κ1) is 26.7. The summed E-state index contributed by atoms with van der Waals surface area (Å²) in [6, 6.07) is 60.1. The van der Waals surface area contributed by atoms with Gasteiger partial charge < -0.3 is 0 Å². The third-order valence-corrected chi connectivity index (χ3v) is 9.49. The van der Waals surface area contributed by atoms with E-state index in [-0.39, 0.29) is 0 Å². The van der Waals surface area contributed by atoms with E-state index in [9.17, 15) is 0 Å². The molecule has 0 atom stereocenters. The van der Waals surface area contributed by atoms with Crippen LogP contribution in [-0.2, 0) is 0 Å². The summed E-state index contributed by atoms with van der Waals surface area (Å²) in [6.07, 6.45) is 0. The van der Waals surface area contributed by atoms with E-state index in [0.717, 1.165) is 61.6 Å². The van der Waals surface area contributed by atoms with Crippen LogP contribution in [0.25, 0.3) is 88.5 Å². The minimum absolute atomic E-state index is 0.925. The van der Waals surface area contributed by atoms with Gasteiger partial charge in [0.1, 0.15) is 11.6 Å². The number of hydrogen-bond donors (Lipinski definition) is 0. The van der Waals surface area contributed by atoms with Crippen molar-refractivity contribution in [2.45, 2.75) is 0 Å². The molecule has 0 bridgehead atoms. The second kappa shape index (κ2) is 10.5. The molecule has 0 N–H and O–H groups in total. The summed E-state index contributed by atoms with van der Waals surface area (Å²) in [5.74, 6) is 1.85. The smallest absolute Gasteiger partial charge is 0.145 e. The highest BCUT2D eigenvalue weighted by Crippen LogP contribution is 2.42. The monoisotopic (exact) mass is 612 g/mol. The molecular weight excluding hydrogens is 585 g/mol. The van der Waals surface area contributed by atoms with Crippen molar-refractivity contribution in [1.29, 1.82) is 0 Å². The number of hydrogen-bond acceptors (Lipinski definition) is 2. The quantitative estimate of drug-likeness (QED) is 0.185. The van der Waals surface area contributed by atoms with E-state index >= 15 is 0 Å². The lowest BCUT2D eigenvalue weighted by molar-refractivity contribution is 1.11. The van der Waals surface area contributed by atoms with Gasteiger partial charge in [-0.05, 0) is 57.9 Å². The number of fused-ring (bicyclic) bond motifs is 7. The van der Waals surface area contributed by atoms with Crippen LogP contribution in [-0.4, -0.2) is 19.1 Å². The van der Waals surface area contributed by atoms with Crippen LogP contribution < -0.4 is 0 Å².